The van der Waals surface area contributed by atoms with Gasteiger partial charge in [0.2, 0.25) is 11.8 Å². The molecule has 2 rings (SSSR count). The Hall–Kier alpha value is -2.86. The standard InChI is InChI=1S/C21H22ClFN2O3/c1-14(21(27)25(2)13-17-18(22)5-4-6-19(17)23)24-20(26)12-9-15-7-10-16(28-3)11-8-15/h4-12,14H,13H2,1-3H3,(H,24,26)/b12-9-/t14-/m0/s1. The zero-order valence-electron chi connectivity index (χ0n) is 15.9. The van der Waals surface area contributed by atoms with Crippen molar-refractivity contribution in [3.8, 4) is 5.75 Å². The van der Waals surface area contributed by atoms with E-state index >= 15 is 0 Å². The number of carbonyl (C=O) groups excluding carboxylic acids is 2. The minimum absolute atomic E-state index is 0.00619. The molecule has 5 nitrogen and oxygen atoms in total. The van der Waals surface area contributed by atoms with Gasteiger partial charge in [-0.3, -0.25) is 9.59 Å². The van der Waals surface area contributed by atoms with E-state index < -0.39 is 17.8 Å². The minimum atomic E-state index is -0.774. The van der Waals surface area contributed by atoms with Gasteiger partial charge in [-0.15, -0.1) is 0 Å². The summed E-state index contributed by atoms with van der Waals surface area (Å²) in [5, 5.41) is 2.85. The normalized spacial score (nSPS) is 11.9. The highest BCUT2D eigenvalue weighted by molar-refractivity contribution is 6.31. The summed E-state index contributed by atoms with van der Waals surface area (Å²) in [7, 11) is 3.11. The summed E-state index contributed by atoms with van der Waals surface area (Å²) in [6.07, 6.45) is 2.98. The second-order valence-corrected chi connectivity index (χ2v) is 6.64. The van der Waals surface area contributed by atoms with E-state index in [1.165, 1.54) is 30.2 Å². The van der Waals surface area contributed by atoms with Crippen molar-refractivity contribution in [2.75, 3.05) is 14.2 Å². The summed E-state index contributed by atoms with van der Waals surface area (Å²) in [4.78, 5) is 25.8. The van der Waals surface area contributed by atoms with Crippen molar-refractivity contribution < 1.29 is 18.7 Å². The number of halogens is 2. The maximum Gasteiger partial charge on any atom is 0.244 e. The van der Waals surface area contributed by atoms with E-state index in [4.69, 9.17) is 16.3 Å². The molecular weight excluding hydrogens is 383 g/mol. The molecule has 0 unspecified atom stereocenters. The van der Waals surface area contributed by atoms with Crippen molar-refractivity contribution >= 4 is 29.5 Å². The Morgan fingerprint density at radius 3 is 2.54 bits per heavy atom. The fraction of sp³-hybridized carbons (Fsp3) is 0.238. The zero-order valence-corrected chi connectivity index (χ0v) is 16.7. The minimum Gasteiger partial charge on any atom is -0.497 e. The highest BCUT2D eigenvalue weighted by atomic mass is 35.5. The zero-order chi connectivity index (χ0) is 20.7. The van der Waals surface area contributed by atoms with E-state index in [1.54, 1.807) is 38.3 Å². The number of nitrogens with zero attached hydrogens (tertiary/aromatic N) is 1. The fourth-order valence-electron chi connectivity index (χ4n) is 2.54. The summed E-state index contributed by atoms with van der Waals surface area (Å²) in [6.45, 7) is 1.58. The first kappa shape index (κ1) is 21.4. The Labute approximate surface area is 168 Å². The van der Waals surface area contributed by atoms with Gasteiger partial charge in [0.05, 0.1) is 7.11 Å². The van der Waals surface area contributed by atoms with Gasteiger partial charge < -0.3 is 15.0 Å². The number of hydrogen-bond donors (Lipinski definition) is 1. The number of likely N-dealkylation sites (N-methyl/N-ethyl adjacent to an activating group) is 1. The van der Waals surface area contributed by atoms with Gasteiger partial charge in [0.1, 0.15) is 17.6 Å². The van der Waals surface area contributed by atoms with Crippen LogP contribution in [0.1, 0.15) is 18.1 Å². The quantitative estimate of drug-likeness (QED) is 0.716. The van der Waals surface area contributed by atoms with Gasteiger partial charge in [-0.2, -0.15) is 0 Å². The molecule has 0 heterocycles. The van der Waals surface area contributed by atoms with Crippen molar-refractivity contribution in [3.63, 3.8) is 0 Å². The third kappa shape index (κ3) is 5.82. The van der Waals surface area contributed by atoms with Crippen molar-refractivity contribution in [3.05, 3.63) is 70.5 Å². The molecule has 2 aromatic carbocycles. The monoisotopic (exact) mass is 404 g/mol. The fourth-order valence-corrected chi connectivity index (χ4v) is 2.76. The van der Waals surface area contributed by atoms with Crippen molar-refractivity contribution in [2.24, 2.45) is 0 Å². The Bertz CT molecular complexity index is 848. The van der Waals surface area contributed by atoms with Gasteiger partial charge >= 0.3 is 0 Å². The summed E-state index contributed by atoms with van der Waals surface area (Å²) >= 11 is 6.00. The third-order valence-corrected chi connectivity index (χ3v) is 4.46. The molecule has 0 bridgehead atoms. The topological polar surface area (TPSA) is 58.6 Å². The maximum atomic E-state index is 13.9. The summed E-state index contributed by atoms with van der Waals surface area (Å²) in [5.41, 5.74) is 1.05. The van der Waals surface area contributed by atoms with Crippen LogP contribution in [0.25, 0.3) is 6.08 Å². The van der Waals surface area contributed by atoms with Crippen LogP contribution in [0.5, 0.6) is 5.75 Å². The lowest BCUT2D eigenvalue weighted by atomic mass is 10.2. The average molecular weight is 405 g/mol. The summed E-state index contributed by atoms with van der Waals surface area (Å²) < 4.78 is 19.0. The molecule has 0 saturated carbocycles. The molecule has 2 aromatic rings. The lowest BCUT2D eigenvalue weighted by Gasteiger charge is -2.22. The molecule has 0 aromatic heterocycles. The number of carbonyl (C=O) groups is 2. The van der Waals surface area contributed by atoms with E-state index in [0.29, 0.717) is 0 Å². The van der Waals surface area contributed by atoms with Crippen LogP contribution in [0.4, 0.5) is 4.39 Å². The molecule has 28 heavy (non-hydrogen) atoms. The van der Waals surface area contributed by atoms with Crippen LogP contribution in [-0.4, -0.2) is 36.9 Å². The Morgan fingerprint density at radius 1 is 1.25 bits per heavy atom. The Kier molecular flexibility index (Phi) is 7.58. The lowest BCUT2D eigenvalue weighted by molar-refractivity contribution is -0.134. The van der Waals surface area contributed by atoms with Crippen LogP contribution in [0.2, 0.25) is 5.02 Å². The smallest absolute Gasteiger partial charge is 0.244 e. The molecule has 0 fully saturated rings. The molecule has 148 valence electrons. The largest absolute Gasteiger partial charge is 0.497 e. The number of amides is 2. The first-order valence-corrected chi connectivity index (χ1v) is 9.00. The highest BCUT2D eigenvalue weighted by Crippen LogP contribution is 2.20. The Morgan fingerprint density at radius 2 is 1.93 bits per heavy atom. The molecule has 0 radical (unpaired) electrons. The van der Waals surface area contributed by atoms with E-state index in [1.807, 2.05) is 12.1 Å². The molecule has 1 N–H and O–H groups in total. The van der Waals surface area contributed by atoms with Gasteiger partial charge in [0, 0.05) is 30.3 Å². The second kappa shape index (κ2) is 9.90. The molecule has 7 heteroatoms. The number of nitrogens with one attached hydrogen (secondary N) is 1. The van der Waals surface area contributed by atoms with E-state index in [9.17, 15) is 14.0 Å². The first-order valence-electron chi connectivity index (χ1n) is 8.62. The van der Waals surface area contributed by atoms with Crippen molar-refractivity contribution in [1.82, 2.24) is 10.2 Å². The summed E-state index contributed by atoms with van der Waals surface area (Å²) in [6, 6.07) is 10.8. The summed E-state index contributed by atoms with van der Waals surface area (Å²) in [5.74, 6) is -0.524. The molecule has 2 amide bonds. The van der Waals surface area contributed by atoms with Crippen LogP contribution in [0.15, 0.2) is 48.5 Å². The predicted octanol–water partition coefficient (Wildman–Crippen LogP) is 3.66. The maximum absolute atomic E-state index is 13.9. The molecule has 0 aliphatic rings. The molecular formula is C21H22ClFN2O3. The van der Waals surface area contributed by atoms with Gasteiger partial charge in [-0.05, 0) is 42.8 Å². The molecule has 0 aliphatic carbocycles. The molecule has 0 spiro atoms. The average Bonchev–Trinajstić information content (AvgIpc) is 2.68. The first-order chi connectivity index (χ1) is 13.3. The van der Waals surface area contributed by atoms with Crippen LogP contribution in [0, 0.1) is 5.82 Å². The number of ether oxygens (including phenoxy) is 1. The van der Waals surface area contributed by atoms with Crippen LogP contribution in [0.3, 0.4) is 0 Å². The molecule has 0 saturated heterocycles. The number of benzene rings is 2. The number of rotatable bonds is 7. The third-order valence-electron chi connectivity index (χ3n) is 4.11. The van der Waals surface area contributed by atoms with Gasteiger partial charge in [-0.25, -0.2) is 4.39 Å². The second-order valence-electron chi connectivity index (χ2n) is 6.23. The molecule has 0 aliphatic heterocycles. The Balaban J connectivity index is 1.93. The van der Waals surface area contributed by atoms with Gasteiger partial charge in [-0.1, -0.05) is 29.8 Å². The van der Waals surface area contributed by atoms with E-state index in [2.05, 4.69) is 5.32 Å². The van der Waals surface area contributed by atoms with Gasteiger partial charge in [0.15, 0.2) is 0 Å². The van der Waals surface area contributed by atoms with Crippen LogP contribution >= 0.6 is 11.6 Å². The number of hydrogen-bond acceptors (Lipinski definition) is 3. The SMILES string of the molecule is COc1ccc(/C=C\C(=O)N[C@@H](C)C(=O)N(C)Cc2c(F)cccc2Cl)cc1. The van der Waals surface area contributed by atoms with Gasteiger partial charge in [0.25, 0.3) is 0 Å². The number of methoxy groups -OCH3 is 1. The van der Waals surface area contributed by atoms with Crippen molar-refractivity contribution in [2.45, 2.75) is 19.5 Å². The van der Waals surface area contributed by atoms with E-state index in [0.717, 1.165) is 11.3 Å². The molecule has 1 atom stereocenters. The lowest BCUT2D eigenvalue weighted by Crippen LogP contribution is -2.44. The predicted molar refractivity (Wildman–Crippen MR) is 108 cm³/mol. The van der Waals surface area contributed by atoms with Crippen LogP contribution in [-0.2, 0) is 16.1 Å². The van der Waals surface area contributed by atoms with Crippen LogP contribution < -0.4 is 10.1 Å². The highest BCUT2D eigenvalue weighted by Gasteiger charge is 2.20. The van der Waals surface area contributed by atoms with E-state index in [-0.39, 0.29) is 23.0 Å². The van der Waals surface area contributed by atoms with Crippen molar-refractivity contribution in [1.29, 1.82) is 0 Å².